The molecule has 102 valence electrons. The number of hydrogen-bond acceptors (Lipinski definition) is 2. The van der Waals surface area contributed by atoms with Crippen LogP contribution in [0.15, 0.2) is 0 Å². The lowest BCUT2D eigenvalue weighted by Crippen LogP contribution is -2.46. The van der Waals surface area contributed by atoms with Crippen LogP contribution in [0.2, 0.25) is 0 Å². The van der Waals surface area contributed by atoms with E-state index in [1.165, 1.54) is 45.1 Å². The SMILES string of the molecule is CCCN(C(C)CC(C)C)C1CCC(N)CC1. The van der Waals surface area contributed by atoms with Gasteiger partial charge in [0.05, 0.1) is 0 Å². The normalized spacial score (nSPS) is 27.7. The Morgan fingerprint density at radius 2 is 1.71 bits per heavy atom. The molecule has 0 amide bonds. The third-order valence-corrected chi connectivity index (χ3v) is 4.07. The van der Waals surface area contributed by atoms with Crippen molar-refractivity contribution in [3.63, 3.8) is 0 Å². The number of nitrogens with zero attached hydrogens (tertiary/aromatic N) is 1. The van der Waals surface area contributed by atoms with Gasteiger partial charge in [-0.2, -0.15) is 0 Å². The summed E-state index contributed by atoms with van der Waals surface area (Å²) < 4.78 is 0. The molecule has 1 fully saturated rings. The van der Waals surface area contributed by atoms with Gasteiger partial charge in [0.15, 0.2) is 0 Å². The highest BCUT2D eigenvalue weighted by atomic mass is 15.2. The zero-order valence-corrected chi connectivity index (χ0v) is 12.3. The maximum atomic E-state index is 6.01. The monoisotopic (exact) mass is 240 g/mol. The van der Waals surface area contributed by atoms with Gasteiger partial charge < -0.3 is 5.73 Å². The summed E-state index contributed by atoms with van der Waals surface area (Å²) in [4.78, 5) is 2.76. The molecule has 0 aliphatic heterocycles. The Kier molecular flexibility index (Phi) is 6.50. The average Bonchev–Trinajstić information content (AvgIpc) is 2.26. The molecule has 0 aromatic heterocycles. The molecule has 1 aliphatic carbocycles. The van der Waals surface area contributed by atoms with Crippen LogP contribution in [0.3, 0.4) is 0 Å². The van der Waals surface area contributed by atoms with E-state index in [0.29, 0.717) is 6.04 Å². The van der Waals surface area contributed by atoms with Crippen molar-refractivity contribution in [2.75, 3.05) is 6.54 Å². The van der Waals surface area contributed by atoms with Crippen LogP contribution in [0, 0.1) is 5.92 Å². The molecule has 1 aliphatic rings. The molecular weight excluding hydrogens is 208 g/mol. The lowest BCUT2D eigenvalue weighted by atomic mass is 9.89. The van der Waals surface area contributed by atoms with Crippen LogP contribution in [0.25, 0.3) is 0 Å². The highest BCUT2D eigenvalue weighted by molar-refractivity contribution is 4.83. The fourth-order valence-electron chi connectivity index (χ4n) is 3.27. The first-order valence-electron chi connectivity index (χ1n) is 7.55. The summed E-state index contributed by atoms with van der Waals surface area (Å²) in [6.07, 6.45) is 7.65. The molecule has 0 spiro atoms. The van der Waals surface area contributed by atoms with Gasteiger partial charge in [0, 0.05) is 18.1 Å². The summed E-state index contributed by atoms with van der Waals surface area (Å²) in [5, 5.41) is 0. The molecule has 2 nitrogen and oxygen atoms in total. The third-order valence-electron chi connectivity index (χ3n) is 4.07. The molecule has 2 N–H and O–H groups in total. The predicted molar refractivity (Wildman–Crippen MR) is 76.1 cm³/mol. The first kappa shape index (κ1) is 15.0. The van der Waals surface area contributed by atoms with Crippen molar-refractivity contribution in [2.45, 2.75) is 84.3 Å². The number of rotatable bonds is 6. The first-order chi connectivity index (χ1) is 8.04. The summed E-state index contributed by atoms with van der Waals surface area (Å²) in [5.74, 6) is 0.801. The Morgan fingerprint density at radius 3 is 2.18 bits per heavy atom. The molecule has 1 atom stereocenters. The lowest BCUT2D eigenvalue weighted by molar-refractivity contribution is 0.0961. The first-order valence-corrected chi connectivity index (χ1v) is 7.55. The van der Waals surface area contributed by atoms with Gasteiger partial charge in [0.25, 0.3) is 0 Å². The second-order valence-electron chi connectivity index (χ2n) is 6.29. The third kappa shape index (κ3) is 4.97. The molecule has 0 saturated heterocycles. The molecule has 2 heteroatoms. The van der Waals surface area contributed by atoms with Gasteiger partial charge in [0.1, 0.15) is 0 Å². The minimum absolute atomic E-state index is 0.468. The molecule has 0 heterocycles. The van der Waals surface area contributed by atoms with Gasteiger partial charge in [-0.25, -0.2) is 0 Å². The summed E-state index contributed by atoms with van der Waals surface area (Å²) in [7, 11) is 0. The highest BCUT2D eigenvalue weighted by Gasteiger charge is 2.27. The summed E-state index contributed by atoms with van der Waals surface area (Å²) in [6.45, 7) is 10.6. The Morgan fingerprint density at radius 1 is 1.12 bits per heavy atom. The second-order valence-corrected chi connectivity index (χ2v) is 6.29. The predicted octanol–water partition coefficient (Wildman–Crippen LogP) is 3.40. The van der Waals surface area contributed by atoms with Crippen LogP contribution in [-0.4, -0.2) is 29.6 Å². The van der Waals surface area contributed by atoms with Gasteiger partial charge >= 0.3 is 0 Å². The largest absolute Gasteiger partial charge is 0.328 e. The van der Waals surface area contributed by atoms with E-state index in [2.05, 4.69) is 32.6 Å². The van der Waals surface area contributed by atoms with E-state index >= 15 is 0 Å². The summed E-state index contributed by atoms with van der Waals surface area (Å²) >= 11 is 0. The van der Waals surface area contributed by atoms with Crippen LogP contribution >= 0.6 is 0 Å². The Labute approximate surface area is 108 Å². The van der Waals surface area contributed by atoms with E-state index in [1.54, 1.807) is 0 Å². The minimum Gasteiger partial charge on any atom is -0.328 e. The van der Waals surface area contributed by atoms with Gasteiger partial charge in [0.2, 0.25) is 0 Å². The summed E-state index contributed by atoms with van der Waals surface area (Å²) in [5.41, 5.74) is 6.01. The number of hydrogen-bond donors (Lipinski definition) is 1. The smallest absolute Gasteiger partial charge is 0.00992 e. The Bertz CT molecular complexity index is 195. The Hall–Kier alpha value is -0.0800. The van der Waals surface area contributed by atoms with Gasteiger partial charge in [-0.05, 0) is 57.9 Å². The molecule has 1 saturated carbocycles. The van der Waals surface area contributed by atoms with Crippen LogP contribution in [-0.2, 0) is 0 Å². The van der Waals surface area contributed by atoms with Crippen LogP contribution in [0.5, 0.6) is 0 Å². The van der Waals surface area contributed by atoms with E-state index < -0.39 is 0 Å². The van der Waals surface area contributed by atoms with Gasteiger partial charge in [-0.15, -0.1) is 0 Å². The molecule has 0 aromatic carbocycles. The molecule has 0 bridgehead atoms. The van der Waals surface area contributed by atoms with E-state index in [1.807, 2.05) is 0 Å². The van der Waals surface area contributed by atoms with Crippen LogP contribution in [0.4, 0.5) is 0 Å². The van der Waals surface area contributed by atoms with Crippen molar-refractivity contribution in [3.8, 4) is 0 Å². The van der Waals surface area contributed by atoms with Crippen molar-refractivity contribution in [2.24, 2.45) is 11.7 Å². The highest BCUT2D eigenvalue weighted by Crippen LogP contribution is 2.25. The lowest BCUT2D eigenvalue weighted by Gasteiger charge is -2.40. The second kappa shape index (κ2) is 7.38. The topological polar surface area (TPSA) is 29.3 Å². The van der Waals surface area contributed by atoms with Crippen molar-refractivity contribution in [1.29, 1.82) is 0 Å². The minimum atomic E-state index is 0.468. The quantitative estimate of drug-likeness (QED) is 0.771. The maximum absolute atomic E-state index is 6.01. The molecule has 17 heavy (non-hydrogen) atoms. The molecule has 1 rings (SSSR count). The van der Waals surface area contributed by atoms with Crippen LogP contribution in [0.1, 0.15) is 66.2 Å². The zero-order chi connectivity index (χ0) is 12.8. The van der Waals surface area contributed by atoms with E-state index in [0.717, 1.165) is 18.0 Å². The van der Waals surface area contributed by atoms with E-state index in [-0.39, 0.29) is 0 Å². The van der Waals surface area contributed by atoms with Crippen molar-refractivity contribution in [1.82, 2.24) is 4.90 Å². The fourth-order valence-corrected chi connectivity index (χ4v) is 3.27. The fraction of sp³-hybridized carbons (Fsp3) is 1.00. The Balaban J connectivity index is 2.51. The van der Waals surface area contributed by atoms with Gasteiger partial charge in [-0.1, -0.05) is 20.8 Å². The maximum Gasteiger partial charge on any atom is 0.00992 e. The number of nitrogens with two attached hydrogens (primary N) is 1. The molecular formula is C15H32N2. The van der Waals surface area contributed by atoms with Crippen molar-refractivity contribution >= 4 is 0 Å². The van der Waals surface area contributed by atoms with E-state index in [9.17, 15) is 0 Å². The van der Waals surface area contributed by atoms with Crippen molar-refractivity contribution < 1.29 is 0 Å². The average molecular weight is 240 g/mol. The van der Waals surface area contributed by atoms with Crippen LogP contribution < -0.4 is 5.73 Å². The molecule has 1 unspecified atom stereocenters. The zero-order valence-electron chi connectivity index (χ0n) is 12.3. The van der Waals surface area contributed by atoms with Gasteiger partial charge in [-0.3, -0.25) is 4.90 Å². The van der Waals surface area contributed by atoms with E-state index in [4.69, 9.17) is 5.73 Å². The molecule has 0 radical (unpaired) electrons. The molecule has 0 aromatic rings. The summed E-state index contributed by atoms with van der Waals surface area (Å²) in [6, 6.07) is 1.99. The standard InChI is InChI=1S/C15H32N2/c1-5-10-17(13(4)11-12(2)3)15-8-6-14(16)7-9-15/h12-15H,5-11,16H2,1-4H3. The van der Waals surface area contributed by atoms with Crippen molar-refractivity contribution in [3.05, 3.63) is 0 Å².